The van der Waals surface area contributed by atoms with E-state index in [2.05, 4.69) is 32.4 Å². The highest BCUT2D eigenvalue weighted by molar-refractivity contribution is 5.01. The van der Waals surface area contributed by atoms with Gasteiger partial charge >= 0.3 is 0 Å². The fraction of sp³-hybridized carbons (Fsp3) is 0.800. The van der Waals surface area contributed by atoms with E-state index in [9.17, 15) is 0 Å². The fourth-order valence-electron chi connectivity index (χ4n) is 1.98. The average molecular weight is 153 g/mol. The van der Waals surface area contributed by atoms with Gasteiger partial charge in [-0.25, -0.2) is 0 Å². The molecule has 0 aromatic heterocycles. The van der Waals surface area contributed by atoms with Gasteiger partial charge in [-0.15, -0.1) is 0 Å². The van der Waals surface area contributed by atoms with E-state index in [1.165, 1.54) is 31.5 Å². The van der Waals surface area contributed by atoms with Crippen molar-refractivity contribution in [1.29, 1.82) is 0 Å². The van der Waals surface area contributed by atoms with Gasteiger partial charge in [-0.3, -0.25) is 0 Å². The molecule has 0 N–H and O–H groups in total. The van der Waals surface area contributed by atoms with Crippen molar-refractivity contribution in [3.8, 4) is 0 Å². The van der Waals surface area contributed by atoms with Gasteiger partial charge in [0.25, 0.3) is 0 Å². The van der Waals surface area contributed by atoms with E-state index in [-0.39, 0.29) is 0 Å². The van der Waals surface area contributed by atoms with Crippen LogP contribution in [-0.2, 0) is 0 Å². The highest BCUT2D eigenvalue weighted by Gasteiger charge is 2.23. The Morgan fingerprint density at radius 2 is 2.09 bits per heavy atom. The lowest BCUT2D eigenvalue weighted by atomic mass is 9.86. The summed E-state index contributed by atoms with van der Waals surface area (Å²) in [6.07, 6.45) is 2.37. The summed E-state index contributed by atoms with van der Waals surface area (Å²) >= 11 is 0. The minimum Gasteiger partial charge on any atom is -0.306 e. The average Bonchev–Trinajstić information content (AvgIpc) is 1.89. The molecule has 0 radical (unpaired) electrons. The maximum absolute atomic E-state index is 4.08. The first-order valence-corrected chi connectivity index (χ1v) is 4.35. The smallest absolute Gasteiger partial charge is 0.00328 e. The van der Waals surface area contributed by atoms with Gasteiger partial charge < -0.3 is 4.90 Å². The molecule has 1 heterocycles. The number of hydrogen-bond donors (Lipinski definition) is 0. The molecule has 1 heteroatoms. The van der Waals surface area contributed by atoms with E-state index in [0.717, 1.165) is 0 Å². The maximum Gasteiger partial charge on any atom is 0.00328 e. The second-order valence-electron chi connectivity index (χ2n) is 4.58. The third-order valence-corrected chi connectivity index (χ3v) is 2.27. The van der Waals surface area contributed by atoms with Crippen LogP contribution in [0.25, 0.3) is 0 Å². The van der Waals surface area contributed by atoms with Gasteiger partial charge in [-0.1, -0.05) is 26.0 Å². The first kappa shape index (κ1) is 8.79. The summed E-state index contributed by atoms with van der Waals surface area (Å²) < 4.78 is 0. The first-order chi connectivity index (χ1) is 4.99. The molecule has 1 aliphatic heterocycles. The predicted molar refractivity (Wildman–Crippen MR) is 49.7 cm³/mol. The Bertz CT molecular complexity index is 158. The molecule has 0 aromatic rings. The van der Waals surface area contributed by atoms with Crippen LogP contribution < -0.4 is 0 Å². The summed E-state index contributed by atoms with van der Waals surface area (Å²) in [5.74, 6) is 0. The molecule has 0 aromatic carbocycles. The molecule has 64 valence electrons. The van der Waals surface area contributed by atoms with Gasteiger partial charge in [0.15, 0.2) is 0 Å². The largest absolute Gasteiger partial charge is 0.306 e. The van der Waals surface area contributed by atoms with Gasteiger partial charge in [0.1, 0.15) is 0 Å². The maximum atomic E-state index is 4.08. The van der Waals surface area contributed by atoms with Crippen molar-refractivity contribution < 1.29 is 0 Å². The van der Waals surface area contributed by atoms with Crippen LogP contribution in [0, 0.1) is 5.41 Å². The van der Waals surface area contributed by atoms with E-state index in [0.29, 0.717) is 5.41 Å². The lowest BCUT2D eigenvalue weighted by Crippen LogP contribution is -2.29. The van der Waals surface area contributed by atoms with Crippen LogP contribution in [0.4, 0.5) is 0 Å². The molecule has 1 nitrogen and oxygen atoms in total. The molecule has 0 atom stereocenters. The zero-order valence-electron chi connectivity index (χ0n) is 7.98. The minimum absolute atomic E-state index is 0.433. The van der Waals surface area contributed by atoms with E-state index < -0.39 is 0 Å². The molecule has 1 aliphatic rings. The molecule has 0 spiro atoms. The van der Waals surface area contributed by atoms with Gasteiger partial charge in [-0.2, -0.15) is 0 Å². The van der Waals surface area contributed by atoms with Gasteiger partial charge in [0, 0.05) is 13.1 Å². The number of rotatable bonds is 0. The lowest BCUT2D eigenvalue weighted by Gasteiger charge is -2.26. The monoisotopic (exact) mass is 153 g/mol. The van der Waals surface area contributed by atoms with Crippen molar-refractivity contribution in [3.63, 3.8) is 0 Å². The molecule has 11 heavy (non-hydrogen) atoms. The molecule has 1 saturated heterocycles. The van der Waals surface area contributed by atoms with Crippen LogP contribution in [0.15, 0.2) is 12.2 Å². The van der Waals surface area contributed by atoms with Crippen molar-refractivity contribution in [2.24, 2.45) is 5.41 Å². The van der Waals surface area contributed by atoms with Crippen LogP contribution in [0.2, 0.25) is 0 Å². The van der Waals surface area contributed by atoms with Crippen molar-refractivity contribution in [2.45, 2.75) is 26.7 Å². The summed E-state index contributed by atoms with van der Waals surface area (Å²) in [6, 6.07) is 0. The van der Waals surface area contributed by atoms with E-state index in [1.54, 1.807) is 0 Å². The summed E-state index contributed by atoms with van der Waals surface area (Å²) in [6.45, 7) is 11.1. The standard InChI is InChI=1S/C10H19N/c1-9-5-6-11(4)8-10(2,3)7-9/h1,5-8H2,2-4H3. The minimum atomic E-state index is 0.433. The van der Waals surface area contributed by atoms with Crippen molar-refractivity contribution in [1.82, 2.24) is 4.90 Å². The van der Waals surface area contributed by atoms with Crippen molar-refractivity contribution in [3.05, 3.63) is 12.2 Å². The van der Waals surface area contributed by atoms with Crippen LogP contribution in [-0.4, -0.2) is 25.0 Å². The van der Waals surface area contributed by atoms with Crippen LogP contribution >= 0.6 is 0 Å². The summed E-state index contributed by atoms with van der Waals surface area (Å²) in [5.41, 5.74) is 1.85. The Labute approximate surface area is 70.1 Å². The third-order valence-electron chi connectivity index (χ3n) is 2.27. The van der Waals surface area contributed by atoms with E-state index >= 15 is 0 Å². The lowest BCUT2D eigenvalue weighted by molar-refractivity contribution is 0.232. The summed E-state index contributed by atoms with van der Waals surface area (Å²) in [5, 5.41) is 0. The Hall–Kier alpha value is -0.300. The molecule has 1 fully saturated rings. The molecule has 0 unspecified atom stereocenters. The highest BCUT2D eigenvalue weighted by atomic mass is 15.1. The molecule has 1 rings (SSSR count). The van der Waals surface area contributed by atoms with Crippen LogP contribution in [0.1, 0.15) is 26.7 Å². The molecular formula is C10H19N. The zero-order chi connectivity index (χ0) is 8.48. The molecule has 0 aliphatic carbocycles. The second-order valence-corrected chi connectivity index (χ2v) is 4.58. The quantitative estimate of drug-likeness (QED) is 0.483. The van der Waals surface area contributed by atoms with E-state index in [1.807, 2.05) is 0 Å². The Balaban J connectivity index is 2.63. The Morgan fingerprint density at radius 1 is 1.45 bits per heavy atom. The Morgan fingerprint density at radius 3 is 2.73 bits per heavy atom. The third kappa shape index (κ3) is 2.66. The highest BCUT2D eigenvalue weighted by Crippen LogP contribution is 2.29. The molecule has 0 amide bonds. The number of hydrogen-bond acceptors (Lipinski definition) is 1. The van der Waals surface area contributed by atoms with Crippen molar-refractivity contribution >= 4 is 0 Å². The van der Waals surface area contributed by atoms with Crippen LogP contribution in [0.3, 0.4) is 0 Å². The normalized spacial score (nSPS) is 26.6. The summed E-state index contributed by atoms with van der Waals surface area (Å²) in [4.78, 5) is 2.40. The molecule has 0 saturated carbocycles. The second kappa shape index (κ2) is 2.98. The number of nitrogens with zero attached hydrogens (tertiary/aromatic N) is 1. The van der Waals surface area contributed by atoms with Gasteiger partial charge in [-0.05, 0) is 25.3 Å². The van der Waals surface area contributed by atoms with Crippen molar-refractivity contribution in [2.75, 3.05) is 20.1 Å². The van der Waals surface area contributed by atoms with E-state index in [4.69, 9.17) is 0 Å². The molecule has 0 bridgehead atoms. The fourth-order valence-corrected chi connectivity index (χ4v) is 1.98. The van der Waals surface area contributed by atoms with Crippen LogP contribution in [0.5, 0.6) is 0 Å². The topological polar surface area (TPSA) is 3.24 Å². The van der Waals surface area contributed by atoms with Gasteiger partial charge in [0.2, 0.25) is 0 Å². The molecular weight excluding hydrogens is 134 g/mol. The summed E-state index contributed by atoms with van der Waals surface area (Å²) in [7, 11) is 2.19. The first-order valence-electron chi connectivity index (χ1n) is 4.35. The van der Waals surface area contributed by atoms with Gasteiger partial charge in [0.05, 0.1) is 0 Å². The predicted octanol–water partition coefficient (Wildman–Crippen LogP) is 2.29. The SMILES string of the molecule is C=C1CCN(C)CC(C)(C)C1. The number of likely N-dealkylation sites (tertiary alicyclic amines) is 1. The Kier molecular flexibility index (Phi) is 2.38. The zero-order valence-corrected chi connectivity index (χ0v) is 7.98.